The van der Waals surface area contributed by atoms with Gasteiger partial charge in [-0.15, -0.1) is 23.7 Å². The van der Waals surface area contributed by atoms with Crippen LogP contribution in [0.1, 0.15) is 58.4 Å². The Morgan fingerprint density at radius 3 is 2.33 bits per heavy atom. The molecule has 0 saturated heterocycles. The van der Waals surface area contributed by atoms with Crippen molar-refractivity contribution in [2.24, 2.45) is 5.41 Å². The third-order valence-electron chi connectivity index (χ3n) is 4.00. The Bertz CT molecular complexity index is 678. The summed E-state index contributed by atoms with van der Waals surface area (Å²) in [4.78, 5) is 1.21. The summed E-state index contributed by atoms with van der Waals surface area (Å²) in [5.41, 5.74) is 1.59. The molecule has 1 N–H and O–H groups in total. The second kappa shape index (κ2) is 10.4. The molecule has 0 radical (unpaired) electrons. The van der Waals surface area contributed by atoms with Gasteiger partial charge in [0.15, 0.2) is 11.5 Å². The quantitative estimate of drug-likeness (QED) is 0.514. The van der Waals surface area contributed by atoms with Crippen LogP contribution < -0.4 is 14.8 Å². The number of hydrogen-bond donors (Lipinski definition) is 1. The maximum absolute atomic E-state index is 5.97. The van der Waals surface area contributed by atoms with Crippen LogP contribution in [0.15, 0.2) is 35.7 Å². The van der Waals surface area contributed by atoms with Crippen LogP contribution in [0.5, 0.6) is 11.5 Å². The first kappa shape index (κ1) is 23.8. The van der Waals surface area contributed by atoms with Crippen LogP contribution in [0.25, 0.3) is 0 Å². The second-order valence-electron chi connectivity index (χ2n) is 8.56. The molecule has 2 rings (SSSR count). The molecule has 152 valence electrons. The molecule has 5 heteroatoms. The highest BCUT2D eigenvalue weighted by Gasteiger charge is 2.24. The van der Waals surface area contributed by atoms with Gasteiger partial charge in [0, 0.05) is 17.0 Å². The average Bonchev–Trinajstić information content (AvgIpc) is 3.03. The Morgan fingerprint density at radius 1 is 1.00 bits per heavy atom. The molecule has 0 aliphatic heterocycles. The molecular weight excluding hydrogens is 378 g/mol. The fraction of sp³-hybridized carbons (Fsp3) is 0.545. The highest BCUT2D eigenvalue weighted by molar-refractivity contribution is 7.09. The summed E-state index contributed by atoms with van der Waals surface area (Å²) < 4.78 is 11.8. The van der Waals surface area contributed by atoms with Crippen LogP contribution in [0, 0.1) is 5.41 Å². The van der Waals surface area contributed by atoms with Crippen molar-refractivity contribution in [2.75, 3.05) is 6.61 Å². The second-order valence-corrected chi connectivity index (χ2v) is 9.59. The third-order valence-corrected chi connectivity index (χ3v) is 4.85. The van der Waals surface area contributed by atoms with Crippen molar-refractivity contribution in [3.63, 3.8) is 0 Å². The zero-order valence-corrected chi connectivity index (χ0v) is 19.1. The molecular formula is C22H34ClNO2S. The van der Waals surface area contributed by atoms with E-state index < -0.39 is 0 Å². The van der Waals surface area contributed by atoms with Crippen LogP contribution in [-0.4, -0.2) is 12.1 Å². The van der Waals surface area contributed by atoms with Gasteiger partial charge in [0.1, 0.15) is 6.61 Å². The normalized spacial score (nSPS) is 11.8. The minimum Gasteiger partial charge on any atom is -0.490 e. The number of halogens is 1. The summed E-state index contributed by atoms with van der Waals surface area (Å²) >= 11 is 1.70. The van der Waals surface area contributed by atoms with Crippen LogP contribution in [0.2, 0.25) is 0 Å². The van der Waals surface area contributed by atoms with E-state index in [1.54, 1.807) is 11.3 Å². The van der Waals surface area contributed by atoms with E-state index >= 15 is 0 Å². The molecule has 3 nitrogen and oxygen atoms in total. The average molecular weight is 412 g/mol. The minimum absolute atomic E-state index is 0. The van der Waals surface area contributed by atoms with Crippen molar-refractivity contribution in [1.29, 1.82) is 0 Å². The Hall–Kier alpha value is -1.23. The maximum Gasteiger partial charge on any atom is 0.161 e. The van der Waals surface area contributed by atoms with Crippen molar-refractivity contribution in [3.8, 4) is 11.5 Å². The van der Waals surface area contributed by atoms with Crippen molar-refractivity contribution in [3.05, 3.63) is 46.2 Å². The fourth-order valence-corrected chi connectivity index (χ4v) is 3.94. The van der Waals surface area contributed by atoms with Gasteiger partial charge in [-0.3, -0.25) is 0 Å². The summed E-state index contributed by atoms with van der Waals surface area (Å²) in [6.45, 7) is 15.4. The molecule has 0 aliphatic rings. The van der Waals surface area contributed by atoms with Gasteiger partial charge in [0.25, 0.3) is 0 Å². The van der Waals surface area contributed by atoms with Gasteiger partial charge >= 0.3 is 0 Å². The fourth-order valence-electron chi connectivity index (χ4n) is 3.32. The molecule has 1 heterocycles. The SMILES string of the molecule is CCOc1cc(CNC(C)(C)CC(C)(C)C)ccc1OCc1cccs1.Cl. The van der Waals surface area contributed by atoms with E-state index in [-0.39, 0.29) is 17.9 Å². The number of hydrogen-bond acceptors (Lipinski definition) is 4. The van der Waals surface area contributed by atoms with E-state index in [1.807, 2.05) is 19.1 Å². The smallest absolute Gasteiger partial charge is 0.161 e. The predicted octanol–water partition coefficient (Wildman–Crippen LogP) is 6.45. The predicted molar refractivity (Wildman–Crippen MR) is 119 cm³/mol. The van der Waals surface area contributed by atoms with E-state index in [0.717, 1.165) is 24.5 Å². The largest absolute Gasteiger partial charge is 0.490 e. The Morgan fingerprint density at radius 2 is 1.74 bits per heavy atom. The molecule has 27 heavy (non-hydrogen) atoms. The molecule has 0 amide bonds. The van der Waals surface area contributed by atoms with E-state index in [0.29, 0.717) is 18.6 Å². The molecule has 1 aromatic heterocycles. The van der Waals surface area contributed by atoms with Gasteiger partial charge in [-0.05, 0) is 61.7 Å². The minimum atomic E-state index is 0. The van der Waals surface area contributed by atoms with E-state index in [4.69, 9.17) is 9.47 Å². The highest BCUT2D eigenvalue weighted by atomic mass is 35.5. The van der Waals surface area contributed by atoms with Crippen LogP contribution in [-0.2, 0) is 13.2 Å². The zero-order chi connectivity index (χ0) is 19.2. The van der Waals surface area contributed by atoms with Crippen LogP contribution in [0.4, 0.5) is 0 Å². The molecule has 0 bridgehead atoms. The molecule has 0 fully saturated rings. The first-order chi connectivity index (χ1) is 12.2. The monoisotopic (exact) mass is 411 g/mol. The van der Waals surface area contributed by atoms with Crippen molar-refractivity contribution in [1.82, 2.24) is 5.32 Å². The van der Waals surface area contributed by atoms with Gasteiger partial charge in [-0.2, -0.15) is 0 Å². The summed E-state index contributed by atoms with van der Waals surface area (Å²) in [6.07, 6.45) is 1.11. The summed E-state index contributed by atoms with van der Waals surface area (Å²) in [5.74, 6) is 1.62. The maximum atomic E-state index is 5.97. The van der Waals surface area contributed by atoms with Gasteiger partial charge in [0.05, 0.1) is 6.61 Å². The third kappa shape index (κ3) is 8.54. The van der Waals surface area contributed by atoms with E-state index in [9.17, 15) is 0 Å². The molecule has 2 aromatic rings. The van der Waals surface area contributed by atoms with Gasteiger partial charge in [-0.25, -0.2) is 0 Å². The van der Waals surface area contributed by atoms with Crippen LogP contribution in [0.3, 0.4) is 0 Å². The number of benzene rings is 1. The Labute approximate surface area is 174 Å². The Kier molecular flexibility index (Phi) is 9.13. The van der Waals surface area contributed by atoms with E-state index in [2.05, 4.69) is 63.5 Å². The van der Waals surface area contributed by atoms with Crippen molar-refractivity contribution >= 4 is 23.7 Å². The first-order valence-electron chi connectivity index (χ1n) is 9.34. The van der Waals surface area contributed by atoms with Gasteiger partial charge in [-0.1, -0.05) is 32.9 Å². The lowest BCUT2D eigenvalue weighted by Gasteiger charge is -2.33. The Balaban J connectivity index is 0.00000364. The molecule has 0 spiro atoms. The van der Waals surface area contributed by atoms with Crippen LogP contribution >= 0.6 is 23.7 Å². The number of rotatable bonds is 9. The summed E-state index contributed by atoms with van der Waals surface area (Å²) in [6, 6.07) is 10.4. The molecule has 0 unspecified atom stereocenters. The number of thiophene rings is 1. The van der Waals surface area contributed by atoms with Gasteiger partial charge in [0.2, 0.25) is 0 Å². The standard InChI is InChI=1S/C22H33NO2S.ClH/c1-7-24-20-13-17(14-23-22(5,6)16-21(2,3)4)10-11-19(20)25-15-18-9-8-12-26-18;/h8-13,23H,7,14-16H2,1-6H3;1H. The topological polar surface area (TPSA) is 30.5 Å². The van der Waals surface area contributed by atoms with Crippen molar-refractivity contribution < 1.29 is 9.47 Å². The molecule has 0 aliphatic carbocycles. The lowest BCUT2D eigenvalue weighted by molar-refractivity contribution is 0.240. The van der Waals surface area contributed by atoms with E-state index in [1.165, 1.54) is 10.4 Å². The number of ether oxygens (including phenoxy) is 2. The lowest BCUT2D eigenvalue weighted by Crippen LogP contribution is -2.41. The molecule has 1 aromatic carbocycles. The highest BCUT2D eigenvalue weighted by Crippen LogP contribution is 2.31. The lowest BCUT2D eigenvalue weighted by atomic mass is 9.82. The zero-order valence-electron chi connectivity index (χ0n) is 17.4. The summed E-state index contributed by atoms with van der Waals surface area (Å²) in [7, 11) is 0. The molecule has 0 saturated carbocycles. The van der Waals surface area contributed by atoms with Gasteiger partial charge < -0.3 is 14.8 Å². The van der Waals surface area contributed by atoms with Crippen molar-refractivity contribution in [2.45, 2.75) is 66.7 Å². The number of nitrogens with one attached hydrogen (secondary N) is 1. The first-order valence-corrected chi connectivity index (χ1v) is 10.2. The molecule has 0 atom stereocenters. The summed E-state index contributed by atoms with van der Waals surface area (Å²) in [5, 5.41) is 5.75.